The normalized spacial score (nSPS) is 15.9. The van der Waals surface area contributed by atoms with Crippen molar-refractivity contribution in [2.24, 2.45) is 7.05 Å². The number of hydrogen-bond donors (Lipinski definition) is 0. The Morgan fingerprint density at radius 3 is 2.76 bits per heavy atom. The van der Waals surface area contributed by atoms with Crippen LogP contribution in [0.3, 0.4) is 0 Å². The van der Waals surface area contributed by atoms with Gasteiger partial charge in [-0.1, -0.05) is 24.3 Å². The van der Waals surface area contributed by atoms with Crippen LogP contribution in [-0.2, 0) is 13.5 Å². The van der Waals surface area contributed by atoms with Crippen LogP contribution in [0.15, 0.2) is 35.9 Å². The molecule has 3 rings (SSSR count). The zero-order valence-corrected chi connectivity index (χ0v) is 12.2. The first kappa shape index (κ1) is 13.4. The van der Waals surface area contributed by atoms with Crippen molar-refractivity contribution < 1.29 is 4.79 Å². The molecular formula is C18H16N2O. The van der Waals surface area contributed by atoms with Crippen molar-refractivity contribution >= 4 is 11.9 Å². The molecule has 2 aromatic rings. The topological polar surface area (TPSA) is 45.8 Å². The van der Waals surface area contributed by atoms with Crippen LogP contribution in [0.5, 0.6) is 0 Å². The van der Waals surface area contributed by atoms with Crippen LogP contribution in [0.2, 0.25) is 0 Å². The third-order valence-electron chi connectivity index (χ3n) is 4.24. The van der Waals surface area contributed by atoms with Crippen LogP contribution >= 0.6 is 0 Å². The Balaban J connectivity index is 2.03. The number of hydrogen-bond acceptors (Lipinski definition) is 2. The largest absolute Gasteiger partial charge is 0.339 e. The van der Waals surface area contributed by atoms with E-state index < -0.39 is 0 Å². The summed E-state index contributed by atoms with van der Waals surface area (Å²) in [6, 6.07) is 11.8. The minimum Gasteiger partial charge on any atom is -0.339 e. The van der Waals surface area contributed by atoms with Crippen molar-refractivity contribution in [1.82, 2.24) is 4.57 Å². The van der Waals surface area contributed by atoms with Gasteiger partial charge in [0.2, 0.25) is 0 Å². The number of rotatable bonds is 1. The number of allylic oxidation sites excluding steroid dienone is 1. The number of Topliss-reactive ketones (excluding diaryl/α,β-unsaturated/α-hetero) is 1. The molecule has 3 nitrogen and oxygen atoms in total. The predicted molar refractivity (Wildman–Crippen MR) is 81.9 cm³/mol. The first-order valence-corrected chi connectivity index (χ1v) is 7.01. The summed E-state index contributed by atoms with van der Waals surface area (Å²) in [5.74, 6) is 0.110. The average molecular weight is 276 g/mol. The Kier molecular flexibility index (Phi) is 3.23. The summed E-state index contributed by atoms with van der Waals surface area (Å²) < 4.78 is 1.85. The van der Waals surface area contributed by atoms with Crippen LogP contribution in [0.25, 0.3) is 6.08 Å². The summed E-state index contributed by atoms with van der Waals surface area (Å²) in [4.78, 5) is 12.6. The van der Waals surface area contributed by atoms with Crippen LogP contribution in [0, 0.1) is 18.3 Å². The highest BCUT2D eigenvalue weighted by Crippen LogP contribution is 2.27. The van der Waals surface area contributed by atoms with Gasteiger partial charge in [0.1, 0.15) is 11.8 Å². The maximum Gasteiger partial charge on any atom is 0.189 e. The Morgan fingerprint density at radius 2 is 2.05 bits per heavy atom. The highest BCUT2D eigenvalue weighted by Gasteiger charge is 2.21. The molecule has 0 atom stereocenters. The van der Waals surface area contributed by atoms with E-state index in [9.17, 15) is 4.79 Å². The van der Waals surface area contributed by atoms with Crippen molar-refractivity contribution in [2.75, 3.05) is 0 Å². The van der Waals surface area contributed by atoms with Crippen molar-refractivity contribution in [3.05, 3.63) is 64.0 Å². The molecule has 1 aliphatic carbocycles. The number of carbonyl (C=O) groups is 1. The van der Waals surface area contributed by atoms with Gasteiger partial charge in [-0.2, -0.15) is 5.26 Å². The monoisotopic (exact) mass is 276 g/mol. The molecular weight excluding hydrogens is 260 g/mol. The van der Waals surface area contributed by atoms with E-state index >= 15 is 0 Å². The molecule has 0 bridgehead atoms. The van der Waals surface area contributed by atoms with E-state index in [-0.39, 0.29) is 5.78 Å². The van der Waals surface area contributed by atoms with E-state index in [4.69, 9.17) is 5.26 Å². The van der Waals surface area contributed by atoms with Gasteiger partial charge in [0, 0.05) is 23.9 Å². The predicted octanol–water partition coefficient (Wildman–Crippen LogP) is 3.42. The van der Waals surface area contributed by atoms with Crippen molar-refractivity contribution in [2.45, 2.75) is 19.8 Å². The first-order chi connectivity index (χ1) is 10.1. The van der Waals surface area contributed by atoms with Gasteiger partial charge in [-0.05, 0) is 43.0 Å². The molecule has 0 saturated heterocycles. The van der Waals surface area contributed by atoms with E-state index in [0.29, 0.717) is 5.69 Å². The molecule has 0 fully saturated rings. The van der Waals surface area contributed by atoms with Crippen molar-refractivity contribution in [1.29, 1.82) is 5.26 Å². The van der Waals surface area contributed by atoms with Gasteiger partial charge in [0.05, 0.1) is 0 Å². The standard InChI is InChI=1S/C18H16N2O/c1-12-15(10-16(11-19)20(12)2)9-14-8-7-13-5-3-4-6-17(13)18(14)21/h3-6,9-10H,7-8H2,1-2H3. The quantitative estimate of drug-likeness (QED) is 0.749. The SMILES string of the molecule is Cc1c(C=C2CCc3ccccc3C2=O)cc(C#N)n1C. The van der Waals surface area contributed by atoms with E-state index in [1.54, 1.807) is 0 Å². The summed E-state index contributed by atoms with van der Waals surface area (Å²) in [7, 11) is 1.87. The lowest BCUT2D eigenvalue weighted by molar-refractivity contribution is 0.102. The number of fused-ring (bicyclic) bond motifs is 1. The molecule has 0 N–H and O–H groups in total. The Bertz CT molecular complexity index is 803. The molecule has 1 heterocycles. The zero-order chi connectivity index (χ0) is 15.0. The van der Waals surface area contributed by atoms with Crippen LogP contribution in [0.4, 0.5) is 0 Å². The molecule has 0 amide bonds. The van der Waals surface area contributed by atoms with Crippen molar-refractivity contribution in [3.8, 4) is 6.07 Å². The molecule has 0 saturated carbocycles. The summed E-state index contributed by atoms with van der Waals surface area (Å²) in [5, 5.41) is 9.09. The third kappa shape index (κ3) is 2.19. The van der Waals surface area contributed by atoms with E-state index in [1.807, 2.05) is 54.9 Å². The van der Waals surface area contributed by atoms with Crippen LogP contribution in [-0.4, -0.2) is 10.4 Å². The number of benzene rings is 1. The summed E-state index contributed by atoms with van der Waals surface area (Å²) >= 11 is 0. The molecule has 0 radical (unpaired) electrons. The lowest BCUT2D eigenvalue weighted by Crippen LogP contribution is -2.13. The molecule has 3 heteroatoms. The number of nitriles is 1. The van der Waals surface area contributed by atoms with Gasteiger partial charge in [0.15, 0.2) is 5.78 Å². The molecule has 1 aliphatic rings. The first-order valence-electron chi connectivity index (χ1n) is 7.01. The fourth-order valence-corrected chi connectivity index (χ4v) is 2.82. The molecule has 1 aromatic carbocycles. The van der Waals surface area contributed by atoms with Gasteiger partial charge in [0.25, 0.3) is 0 Å². The zero-order valence-electron chi connectivity index (χ0n) is 12.2. The van der Waals surface area contributed by atoms with Gasteiger partial charge >= 0.3 is 0 Å². The van der Waals surface area contributed by atoms with Gasteiger partial charge in [-0.15, -0.1) is 0 Å². The maximum absolute atomic E-state index is 12.6. The Morgan fingerprint density at radius 1 is 1.29 bits per heavy atom. The summed E-state index contributed by atoms with van der Waals surface area (Å²) in [5.41, 5.74) is 5.34. The van der Waals surface area contributed by atoms with E-state index in [2.05, 4.69) is 6.07 Å². The number of aromatic nitrogens is 1. The summed E-state index contributed by atoms with van der Waals surface area (Å²) in [6.07, 6.45) is 3.59. The number of aryl methyl sites for hydroxylation is 1. The second-order valence-electron chi connectivity index (χ2n) is 5.40. The van der Waals surface area contributed by atoms with Gasteiger partial charge in [-0.3, -0.25) is 4.79 Å². The molecule has 0 aliphatic heterocycles. The minimum absolute atomic E-state index is 0.110. The lowest BCUT2D eigenvalue weighted by atomic mass is 9.86. The highest BCUT2D eigenvalue weighted by molar-refractivity contribution is 6.13. The van der Waals surface area contributed by atoms with Gasteiger partial charge < -0.3 is 4.57 Å². The van der Waals surface area contributed by atoms with E-state index in [0.717, 1.165) is 40.8 Å². The molecule has 0 spiro atoms. The molecule has 0 unspecified atom stereocenters. The smallest absolute Gasteiger partial charge is 0.189 e. The number of nitrogens with zero attached hydrogens (tertiary/aromatic N) is 2. The lowest BCUT2D eigenvalue weighted by Gasteiger charge is -2.17. The van der Waals surface area contributed by atoms with Crippen LogP contribution < -0.4 is 0 Å². The van der Waals surface area contributed by atoms with Gasteiger partial charge in [-0.25, -0.2) is 0 Å². The second kappa shape index (κ2) is 5.06. The minimum atomic E-state index is 0.110. The average Bonchev–Trinajstić information content (AvgIpc) is 2.78. The Hall–Kier alpha value is -2.60. The molecule has 104 valence electrons. The second-order valence-corrected chi connectivity index (χ2v) is 5.40. The molecule has 21 heavy (non-hydrogen) atoms. The third-order valence-corrected chi connectivity index (χ3v) is 4.24. The van der Waals surface area contributed by atoms with Crippen molar-refractivity contribution in [3.63, 3.8) is 0 Å². The maximum atomic E-state index is 12.6. The Labute approximate surface area is 124 Å². The fourth-order valence-electron chi connectivity index (χ4n) is 2.82. The number of ketones is 1. The number of carbonyl (C=O) groups excluding carboxylic acids is 1. The molecule has 1 aromatic heterocycles. The summed E-state index contributed by atoms with van der Waals surface area (Å²) in [6.45, 7) is 1.97. The fraction of sp³-hybridized carbons (Fsp3) is 0.222. The van der Waals surface area contributed by atoms with E-state index in [1.165, 1.54) is 0 Å². The van der Waals surface area contributed by atoms with Crippen LogP contribution in [0.1, 0.15) is 39.3 Å². The highest BCUT2D eigenvalue weighted by atomic mass is 16.1.